The third-order valence-electron chi connectivity index (χ3n) is 6.07. The number of carboxylic acid groups (broad SMARTS) is 1. The number of imidazole rings is 1. The summed E-state index contributed by atoms with van der Waals surface area (Å²) in [6.45, 7) is 5.62. The van der Waals surface area contributed by atoms with Crippen molar-refractivity contribution in [1.29, 1.82) is 0 Å². The third kappa shape index (κ3) is 7.47. The van der Waals surface area contributed by atoms with Crippen molar-refractivity contribution in [3.05, 3.63) is 90.9 Å². The number of anilines is 2. The molecule has 0 fully saturated rings. The topological polar surface area (TPSA) is 133 Å². The van der Waals surface area contributed by atoms with Crippen LogP contribution in [-0.4, -0.2) is 53.0 Å². The average Bonchev–Trinajstić information content (AvgIpc) is 3.32. The first kappa shape index (κ1) is 30.2. The Morgan fingerprint density at radius 2 is 1.83 bits per heavy atom. The van der Waals surface area contributed by atoms with Crippen LogP contribution in [0, 0.1) is 0 Å². The monoisotopic (exact) mass is 579 g/mol. The minimum atomic E-state index is -4.60. The number of nitrogens with one attached hydrogen (secondary N) is 1. The summed E-state index contributed by atoms with van der Waals surface area (Å²) in [7, 11) is 0. The lowest BCUT2D eigenvalue weighted by atomic mass is 10.0. The Hall–Kier alpha value is -4.81. The largest absolute Gasteiger partial charge is 0.481 e. The van der Waals surface area contributed by atoms with Gasteiger partial charge in [0.15, 0.2) is 0 Å². The van der Waals surface area contributed by atoms with E-state index in [0.29, 0.717) is 11.3 Å². The van der Waals surface area contributed by atoms with Gasteiger partial charge in [-0.2, -0.15) is 13.2 Å². The lowest BCUT2D eigenvalue weighted by Crippen LogP contribution is -2.19. The molecule has 4 aromatic rings. The number of benzene rings is 2. The van der Waals surface area contributed by atoms with E-state index in [1.807, 2.05) is 30.3 Å². The number of nitrogens with zero attached hydrogens (tertiary/aromatic N) is 4. The van der Waals surface area contributed by atoms with Gasteiger partial charge < -0.3 is 20.6 Å². The molecular formula is C30H28F3N5O4. The van der Waals surface area contributed by atoms with E-state index in [9.17, 15) is 28.2 Å². The van der Waals surface area contributed by atoms with E-state index in [1.54, 1.807) is 13.0 Å². The number of hydrogen-bond acceptors (Lipinski definition) is 7. The lowest BCUT2D eigenvalue weighted by Gasteiger charge is -2.14. The molecule has 0 unspecified atom stereocenters. The summed E-state index contributed by atoms with van der Waals surface area (Å²) in [5, 5.41) is 32.3. The molecule has 0 saturated carbocycles. The SMILES string of the molecule is C=C(C)c1nc(-c2ccnc(Nc3ccccc3)n2)c(-c2cccc(C(F)(F)F)c2)n1/C=C/[C@@H](O)C[C@@H](O)CC(=O)O. The maximum atomic E-state index is 13.7. The van der Waals surface area contributed by atoms with Crippen LogP contribution in [0.2, 0.25) is 0 Å². The number of allylic oxidation sites excluding steroid dienone is 1. The standard InChI is InChI=1S/C30H28F3N5O4/c1-18(2)28-37-26(24-11-13-34-29(36-24)35-21-9-4-3-5-10-21)27(19-7-6-8-20(15-19)30(31,32)33)38(28)14-12-22(39)16-23(40)17-25(41)42/h3-15,22-23,39-40H,1,16-17H2,2H3,(H,41,42)(H,34,35,36)/b14-12+/t22-,23-/m1/s1. The Kier molecular flexibility index (Phi) is 9.18. The van der Waals surface area contributed by atoms with E-state index in [0.717, 1.165) is 17.8 Å². The number of aliphatic hydroxyl groups excluding tert-OH is 2. The molecule has 12 heteroatoms. The number of aliphatic carboxylic acids is 1. The molecule has 0 aliphatic carbocycles. The third-order valence-corrected chi connectivity index (χ3v) is 6.07. The highest BCUT2D eigenvalue weighted by atomic mass is 19.4. The number of carboxylic acids is 1. The van der Waals surface area contributed by atoms with Crippen LogP contribution in [0.25, 0.3) is 34.4 Å². The molecule has 9 nitrogen and oxygen atoms in total. The van der Waals surface area contributed by atoms with Gasteiger partial charge in [0.05, 0.1) is 35.6 Å². The van der Waals surface area contributed by atoms with Gasteiger partial charge >= 0.3 is 12.1 Å². The van der Waals surface area contributed by atoms with E-state index < -0.39 is 36.3 Å². The number of para-hydroxylation sites is 1. The van der Waals surface area contributed by atoms with Gasteiger partial charge in [0.25, 0.3) is 0 Å². The molecule has 0 bridgehead atoms. The number of alkyl halides is 3. The first-order chi connectivity index (χ1) is 19.9. The molecule has 4 rings (SSSR count). The number of aliphatic hydroxyl groups is 2. The molecule has 0 amide bonds. The second kappa shape index (κ2) is 12.8. The average molecular weight is 580 g/mol. The van der Waals surface area contributed by atoms with Crippen LogP contribution >= 0.6 is 0 Å². The number of hydrogen-bond donors (Lipinski definition) is 4. The number of aromatic nitrogens is 4. The molecule has 0 saturated heterocycles. The zero-order valence-corrected chi connectivity index (χ0v) is 22.5. The molecule has 2 aromatic carbocycles. The van der Waals surface area contributed by atoms with Gasteiger partial charge in [0, 0.05) is 30.1 Å². The van der Waals surface area contributed by atoms with Crippen molar-refractivity contribution in [2.45, 2.75) is 38.1 Å². The van der Waals surface area contributed by atoms with E-state index >= 15 is 0 Å². The Bertz CT molecular complexity index is 1600. The van der Waals surface area contributed by atoms with Crippen LogP contribution < -0.4 is 5.32 Å². The number of rotatable bonds is 11. The molecule has 2 heterocycles. The molecule has 42 heavy (non-hydrogen) atoms. The van der Waals surface area contributed by atoms with Crippen molar-refractivity contribution in [3.8, 4) is 22.6 Å². The molecule has 4 N–H and O–H groups in total. The van der Waals surface area contributed by atoms with Crippen LogP contribution in [0.3, 0.4) is 0 Å². The predicted octanol–water partition coefficient (Wildman–Crippen LogP) is 5.86. The Balaban J connectivity index is 1.86. The van der Waals surface area contributed by atoms with E-state index in [1.165, 1.54) is 35.2 Å². The fourth-order valence-corrected chi connectivity index (χ4v) is 4.21. The molecular weight excluding hydrogens is 551 g/mol. The fraction of sp³-hybridized carbons (Fsp3) is 0.200. The molecule has 2 aromatic heterocycles. The Morgan fingerprint density at radius 3 is 2.50 bits per heavy atom. The summed E-state index contributed by atoms with van der Waals surface area (Å²) in [5.74, 6) is -0.707. The quantitative estimate of drug-likeness (QED) is 0.174. The van der Waals surface area contributed by atoms with Crippen molar-refractivity contribution < 1.29 is 33.3 Å². The Morgan fingerprint density at radius 1 is 1.10 bits per heavy atom. The molecule has 218 valence electrons. The molecule has 2 atom stereocenters. The maximum absolute atomic E-state index is 13.7. The fourth-order valence-electron chi connectivity index (χ4n) is 4.21. The zero-order valence-electron chi connectivity index (χ0n) is 22.5. The van der Waals surface area contributed by atoms with Crippen molar-refractivity contribution in [2.24, 2.45) is 0 Å². The summed E-state index contributed by atoms with van der Waals surface area (Å²) in [6.07, 6.45) is -3.82. The van der Waals surface area contributed by atoms with Gasteiger partial charge in [-0.15, -0.1) is 0 Å². The van der Waals surface area contributed by atoms with Crippen molar-refractivity contribution in [1.82, 2.24) is 19.5 Å². The van der Waals surface area contributed by atoms with E-state index in [-0.39, 0.29) is 35.1 Å². The highest BCUT2D eigenvalue weighted by molar-refractivity contribution is 5.82. The first-order valence-electron chi connectivity index (χ1n) is 12.8. The van der Waals surface area contributed by atoms with Crippen molar-refractivity contribution in [2.75, 3.05) is 5.32 Å². The van der Waals surface area contributed by atoms with E-state index in [2.05, 4.69) is 26.8 Å². The smallest absolute Gasteiger partial charge is 0.416 e. The van der Waals surface area contributed by atoms with Gasteiger partial charge in [0.2, 0.25) is 5.95 Å². The summed E-state index contributed by atoms with van der Waals surface area (Å²) >= 11 is 0. The van der Waals surface area contributed by atoms with Gasteiger partial charge in [-0.3, -0.25) is 9.36 Å². The highest BCUT2D eigenvalue weighted by Gasteiger charge is 2.31. The molecule has 0 radical (unpaired) electrons. The zero-order chi connectivity index (χ0) is 30.4. The second-order valence-corrected chi connectivity index (χ2v) is 9.51. The summed E-state index contributed by atoms with van der Waals surface area (Å²) in [4.78, 5) is 24.4. The number of carbonyl (C=O) groups is 1. The van der Waals surface area contributed by atoms with Gasteiger partial charge in [-0.1, -0.05) is 36.9 Å². The van der Waals surface area contributed by atoms with Crippen LogP contribution in [0.4, 0.5) is 24.8 Å². The normalized spacial score (nSPS) is 13.2. The summed E-state index contributed by atoms with van der Waals surface area (Å²) < 4.78 is 42.5. The molecule has 0 spiro atoms. The van der Waals surface area contributed by atoms with Crippen LogP contribution in [0.1, 0.15) is 31.2 Å². The first-order valence-corrected chi connectivity index (χ1v) is 12.8. The highest BCUT2D eigenvalue weighted by Crippen LogP contribution is 2.38. The minimum Gasteiger partial charge on any atom is -0.481 e. The molecule has 0 aliphatic heterocycles. The summed E-state index contributed by atoms with van der Waals surface area (Å²) in [5.41, 5.74) is 1.27. The van der Waals surface area contributed by atoms with Gasteiger partial charge in [0.1, 0.15) is 11.5 Å². The Labute approximate surface area is 239 Å². The van der Waals surface area contributed by atoms with Crippen LogP contribution in [0.5, 0.6) is 0 Å². The van der Waals surface area contributed by atoms with Gasteiger partial charge in [-0.25, -0.2) is 15.0 Å². The maximum Gasteiger partial charge on any atom is 0.416 e. The van der Waals surface area contributed by atoms with Crippen LogP contribution in [-0.2, 0) is 11.0 Å². The number of halogens is 3. The summed E-state index contributed by atoms with van der Waals surface area (Å²) in [6, 6.07) is 15.5. The van der Waals surface area contributed by atoms with E-state index in [4.69, 9.17) is 5.11 Å². The minimum absolute atomic E-state index is 0.168. The molecule has 0 aliphatic rings. The second-order valence-electron chi connectivity index (χ2n) is 9.51. The van der Waals surface area contributed by atoms with Crippen molar-refractivity contribution >= 4 is 29.4 Å². The van der Waals surface area contributed by atoms with Gasteiger partial charge in [-0.05, 0) is 48.9 Å². The predicted molar refractivity (Wildman–Crippen MR) is 152 cm³/mol. The van der Waals surface area contributed by atoms with Crippen LogP contribution in [0.15, 0.2) is 79.5 Å². The van der Waals surface area contributed by atoms with Crippen molar-refractivity contribution in [3.63, 3.8) is 0 Å². The lowest BCUT2D eigenvalue weighted by molar-refractivity contribution is -0.139.